The van der Waals surface area contributed by atoms with Crippen LogP contribution < -0.4 is 10.6 Å². The van der Waals surface area contributed by atoms with E-state index in [2.05, 4.69) is 10.6 Å². The third kappa shape index (κ3) is 7.37. The maximum Gasteiger partial charge on any atom is 0.251 e. The van der Waals surface area contributed by atoms with Crippen LogP contribution in [-0.2, 0) is 16.0 Å². The Balaban J connectivity index is 1.74. The van der Waals surface area contributed by atoms with Crippen LogP contribution in [-0.4, -0.2) is 47.0 Å². The summed E-state index contributed by atoms with van der Waals surface area (Å²) in [6, 6.07) is 10.7. The van der Waals surface area contributed by atoms with Crippen molar-refractivity contribution in [3.8, 4) is 0 Å². The Bertz CT molecular complexity index is 1260. The summed E-state index contributed by atoms with van der Waals surface area (Å²) in [7, 11) is 0. The van der Waals surface area contributed by atoms with Gasteiger partial charge in [0.1, 0.15) is 5.82 Å². The number of halogens is 1. The van der Waals surface area contributed by atoms with E-state index in [0.717, 1.165) is 16.7 Å². The van der Waals surface area contributed by atoms with E-state index in [1.165, 1.54) is 19.1 Å². The number of benzene rings is 2. The summed E-state index contributed by atoms with van der Waals surface area (Å²) in [5.41, 5.74) is 4.72. The summed E-state index contributed by atoms with van der Waals surface area (Å²) in [5, 5.41) is 13.2. The number of carbonyl (C=O) groups excluding carboxylic acids is 3. The first-order valence-electron chi connectivity index (χ1n) is 12.9. The van der Waals surface area contributed by atoms with Crippen LogP contribution in [0, 0.1) is 18.2 Å². The van der Waals surface area contributed by atoms with Gasteiger partial charge in [0.15, 0.2) is 0 Å². The van der Waals surface area contributed by atoms with Gasteiger partial charge in [-0.2, -0.15) is 0 Å². The summed E-state index contributed by atoms with van der Waals surface area (Å²) in [6.07, 6.45) is 3.78. The molecule has 8 heteroatoms. The molecule has 3 amide bonds. The minimum Gasteiger partial charge on any atom is -0.352 e. The van der Waals surface area contributed by atoms with E-state index >= 15 is 0 Å². The molecule has 2 aromatic rings. The molecule has 0 bridgehead atoms. The van der Waals surface area contributed by atoms with Gasteiger partial charge in [0.05, 0.1) is 18.6 Å². The number of carbonyl (C=O) groups is 3. The molecule has 202 valence electrons. The molecule has 3 rings (SSSR count). The van der Waals surface area contributed by atoms with E-state index in [4.69, 9.17) is 5.41 Å². The molecule has 0 saturated carbocycles. The van der Waals surface area contributed by atoms with Crippen molar-refractivity contribution in [3.05, 3.63) is 82.2 Å². The Morgan fingerprint density at radius 2 is 1.87 bits per heavy atom. The largest absolute Gasteiger partial charge is 0.352 e. The molecule has 3 N–H and O–H groups in total. The summed E-state index contributed by atoms with van der Waals surface area (Å²) >= 11 is 0. The minimum atomic E-state index is -0.376. The number of allylic oxidation sites excluding steroid dienone is 2. The first kappa shape index (κ1) is 28.8. The van der Waals surface area contributed by atoms with Gasteiger partial charge in [-0.05, 0) is 94.0 Å². The average Bonchev–Trinajstić information content (AvgIpc) is 3.28. The second kappa shape index (κ2) is 12.6. The fourth-order valence-corrected chi connectivity index (χ4v) is 5.25. The third-order valence-corrected chi connectivity index (χ3v) is 6.90. The van der Waals surface area contributed by atoms with E-state index in [1.807, 2.05) is 32.9 Å². The Hall–Kier alpha value is -3.81. The van der Waals surface area contributed by atoms with E-state index in [1.54, 1.807) is 36.1 Å². The maximum atomic E-state index is 14.0. The fourth-order valence-electron chi connectivity index (χ4n) is 5.25. The van der Waals surface area contributed by atoms with Crippen LogP contribution in [0.15, 0.2) is 54.1 Å². The Labute approximate surface area is 224 Å². The topological polar surface area (TPSA) is 102 Å². The van der Waals surface area contributed by atoms with Crippen LogP contribution in [0.2, 0.25) is 0 Å². The Morgan fingerprint density at radius 3 is 2.50 bits per heavy atom. The van der Waals surface area contributed by atoms with Gasteiger partial charge in [-0.1, -0.05) is 23.8 Å². The molecule has 0 spiro atoms. The Kier molecular flexibility index (Phi) is 9.55. The number of nitrogens with zero attached hydrogens (tertiary/aromatic N) is 1. The van der Waals surface area contributed by atoms with E-state index < -0.39 is 0 Å². The summed E-state index contributed by atoms with van der Waals surface area (Å²) < 4.78 is 14.0. The number of rotatable bonds is 9. The molecule has 0 radical (unpaired) electrons. The lowest BCUT2D eigenvalue weighted by Crippen LogP contribution is -2.51. The van der Waals surface area contributed by atoms with Crippen molar-refractivity contribution < 1.29 is 18.8 Å². The molecule has 38 heavy (non-hydrogen) atoms. The molecule has 1 aliphatic rings. The van der Waals surface area contributed by atoms with Crippen molar-refractivity contribution in [1.82, 2.24) is 15.5 Å². The van der Waals surface area contributed by atoms with Crippen molar-refractivity contribution in [2.45, 2.75) is 72.0 Å². The molecular formula is C30H37FN4O3. The average molecular weight is 521 g/mol. The van der Waals surface area contributed by atoms with Gasteiger partial charge < -0.3 is 20.9 Å². The molecule has 1 heterocycles. The van der Waals surface area contributed by atoms with Crippen LogP contribution in [0.3, 0.4) is 0 Å². The van der Waals surface area contributed by atoms with Crippen LogP contribution in [0.5, 0.6) is 0 Å². The summed E-state index contributed by atoms with van der Waals surface area (Å²) in [5.74, 6) is -1.21. The van der Waals surface area contributed by atoms with Crippen molar-refractivity contribution in [3.63, 3.8) is 0 Å². The fraction of sp³-hybridized carbons (Fsp3) is 0.400. The molecule has 1 saturated heterocycles. The lowest BCUT2D eigenvalue weighted by molar-refractivity contribution is -0.134. The van der Waals surface area contributed by atoms with Crippen LogP contribution >= 0.6 is 0 Å². The van der Waals surface area contributed by atoms with Gasteiger partial charge in [0.25, 0.3) is 5.91 Å². The SMILES string of the molecule is CC(=N)/C=C(\C)Cc1ccc(C(=O)NCC(=O)N2C(c3cccc(F)c3)CCC2[C@H](C)NC(C)=O)cc1C. The molecule has 2 unspecified atom stereocenters. The van der Waals surface area contributed by atoms with Crippen molar-refractivity contribution in [1.29, 1.82) is 5.41 Å². The second-order valence-corrected chi connectivity index (χ2v) is 10.2. The zero-order valence-corrected chi connectivity index (χ0v) is 22.7. The first-order chi connectivity index (χ1) is 18.0. The van der Waals surface area contributed by atoms with E-state index in [9.17, 15) is 18.8 Å². The molecule has 3 atom stereocenters. The molecule has 2 aromatic carbocycles. The van der Waals surface area contributed by atoms with Gasteiger partial charge in [0, 0.05) is 24.2 Å². The van der Waals surface area contributed by atoms with Gasteiger partial charge in [-0.15, -0.1) is 0 Å². The normalized spacial score (nSPS) is 18.2. The second-order valence-electron chi connectivity index (χ2n) is 10.2. The molecule has 1 fully saturated rings. The standard InChI is InChI=1S/C30H37FN4O3/c1-18(13-20(3)32)14-23-9-10-25(15-19(23)2)30(38)33-17-29(37)35-27(21(4)34-22(5)36)11-12-28(35)24-7-6-8-26(31)16-24/h6-10,13,15-16,21,27-28,32H,11-12,14,17H2,1-5H3,(H,33,38)(H,34,36)/b18-13+,32-20?/t21-,27?,28?/m0/s1. The van der Waals surface area contributed by atoms with Gasteiger partial charge in [0.2, 0.25) is 11.8 Å². The molecule has 7 nitrogen and oxygen atoms in total. The highest BCUT2D eigenvalue weighted by atomic mass is 19.1. The zero-order chi connectivity index (χ0) is 28.0. The predicted octanol–water partition coefficient (Wildman–Crippen LogP) is 4.65. The Morgan fingerprint density at radius 1 is 1.13 bits per heavy atom. The van der Waals surface area contributed by atoms with E-state index in [-0.39, 0.29) is 48.2 Å². The minimum absolute atomic E-state index is 0.190. The number of aryl methyl sites for hydroxylation is 1. The van der Waals surface area contributed by atoms with Crippen LogP contribution in [0.4, 0.5) is 4.39 Å². The number of nitrogens with one attached hydrogen (secondary N) is 3. The number of likely N-dealkylation sites (tertiary alicyclic amines) is 1. The molecule has 0 aromatic heterocycles. The van der Waals surface area contributed by atoms with Crippen molar-refractivity contribution in [2.75, 3.05) is 6.54 Å². The number of hydrogen-bond donors (Lipinski definition) is 3. The van der Waals surface area contributed by atoms with Crippen molar-refractivity contribution >= 4 is 23.4 Å². The number of amides is 3. The predicted molar refractivity (Wildman–Crippen MR) is 147 cm³/mol. The zero-order valence-electron chi connectivity index (χ0n) is 22.7. The lowest BCUT2D eigenvalue weighted by atomic mass is 9.98. The van der Waals surface area contributed by atoms with E-state index in [0.29, 0.717) is 36.1 Å². The quantitative estimate of drug-likeness (QED) is 0.420. The molecular weight excluding hydrogens is 483 g/mol. The number of hydrogen-bond acceptors (Lipinski definition) is 4. The highest BCUT2D eigenvalue weighted by molar-refractivity contribution is 5.97. The smallest absolute Gasteiger partial charge is 0.251 e. The first-order valence-corrected chi connectivity index (χ1v) is 12.9. The third-order valence-electron chi connectivity index (χ3n) is 6.90. The van der Waals surface area contributed by atoms with Gasteiger partial charge in [-0.25, -0.2) is 4.39 Å². The highest BCUT2D eigenvalue weighted by Gasteiger charge is 2.40. The monoisotopic (exact) mass is 520 g/mol. The van der Waals surface area contributed by atoms with Gasteiger partial charge >= 0.3 is 0 Å². The van der Waals surface area contributed by atoms with Crippen LogP contribution in [0.25, 0.3) is 0 Å². The van der Waals surface area contributed by atoms with Crippen molar-refractivity contribution in [2.24, 2.45) is 0 Å². The highest BCUT2D eigenvalue weighted by Crippen LogP contribution is 2.37. The molecule has 0 aliphatic carbocycles. The summed E-state index contributed by atoms with van der Waals surface area (Å²) in [4.78, 5) is 39.8. The maximum absolute atomic E-state index is 14.0. The van der Waals surface area contributed by atoms with Gasteiger partial charge in [-0.3, -0.25) is 14.4 Å². The molecule has 1 aliphatic heterocycles. The van der Waals surface area contributed by atoms with Crippen LogP contribution in [0.1, 0.15) is 73.6 Å². The summed E-state index contributed by atoms with van der Waals surface area (Å²) in [6.45, 7) is 8.71. The lowest BCUT2D eigenvalue weighted by Gasteiger charge is -2.34.